The lowest BCUT2D eigenvalue weighted by Gasteiger charge is -2.15. The molecule has 0 bridgehead atoms. The van der Waals surface area contributed by atoms with E-state index < -0.39 is 17.6 Å². The van der Waals surface area contributed by atoms with Crippen molar-refractivity contribution >= 4 is 17.4 Å². The van der Waals surface area contributed by atoms with Crippen molar-refractivity contribution in [2.45, 2.75) is 19.0 Å². The van der Waals surface area contributed by atoms with Gasteiger partial charge < -0.3 is 10.2 Å². The van der Waals surface area contributed by atoms with Crippen molar-refractivity contribution in [1.29, 1.82) is 0 Å². The van der Waals surface area contributed by atoms with Crippen LogP contribution in [0.15, 0.2) is 36.7 Å². The van der Waals surface area contributed by atoms with Crippen molar-refractivity contribution < 1.29 is 18.0 Å². The first kappa shape index (κ1) is 16.2. The summed E-state index contributed by atoms with van der Waals surface area (Å²) >= 11 is 0. The normalized spacial score (nSPS) is 14.7. The van der Waals surface area contributed by atoms with Gasteiger partial charge in [0.15, 0.2) is 0 Å². The number of amides is 1. The van der Waals surface area contributed by atoms with E-state index in [1.165, 1.54) is 24.5 Å². The number of carbonyl (C=O) groups excluding carboxylic acids is 1. The molecule has 1 aromatic carbocycles. The molecule has 3 rings (SSSR count). The molecule has 1 aromatic heterocycles. The molecule has 1 saturated heterocycles. The maximum absolute atomic E-state index is 12.7. The zero-order valence-electron chi connectivity index (χ0n) is 12.7. The van der Waals surface area contributed by atoms with Gasteiger partial charge in [0.05, 0.1) is 18.0 Å². The first-order chi connectivity index (χ1) is 11.4. The summed E-state index contributed by atoms with van der Waals surface area (Å²) in [6.07, 6.45) is 0.569. The largest absolute Gasteiger partial charge is 0.416 e. The number of benzene rings is 1. The quantitative estimate of drug-likeness (QED) is 0.934. The van der Waals surface area contributed by atoms with E-state index in [1.54, 1.807) is 0 Å². The summed E-state index contributed by atoms with van der Waals surface area (Å²) in [5.41, 5.74) is -0.716. The topological polar surface area (TPSA) is 58.1 Å². The summed E-state index contributed by atoms with van der Waals surface area (Å²) in [4.78, 5) is 22.4. The van der Waals surface area contributed by atoms with E-state index in [2.05, 4.69) is 20.2 Å². The van der Waals surface area contributed by atoms with E-state index in [1.807, 2.05) is 0 Å². The van der Waals surface area contributed by atoms with Gasteiger partial charge in [0.25, 0.3) is 5.91 Å². The number of rotatable bonds is 3. The fourth-order valence-electron chi connectivity index (χ4n) is 2.52. The molecule has 0 aliphatic carbocycles. The first-order valence-electron chi connectivity index (χ1n) is 7.49. The number of nitrogens with one attached hydrogen (secondary N) is 1. The number of alkyl halides is 3. The minimum Gasteiger partial charge on any atom is -0.355 e. The van der Waals surface area contributed by atoms with E-state index in [0.717, 1.165) is 38.1 Å². The molecule has 1 fully saturated rings. The molecule has 2 heterocycles. The van der Waals surface area contributed by atoms with Crippen LogP contribution in [0.2, 0.25) is 0 Å². The van der Waals surface area contributed by atoms with Crippen LogP contribution in [0.25, 0.3) is 0 Å². The summed E-state index contributed by atoms with van der Waals surface area (Å²) in [5.74, 6) is 0.0953. The molecule has 126 valence electrons. The maximum Gasteiger partial charge on any atom is 0.416 e. The van der Waals surface area contributed by atoms with E-state index >= 15 is 0 Å². The Morgan fingerprint density at radius 1 is 1.12 bits per heavy atom. The third-order valence-corrected chi connectivity index (χ3v) is 3.75. The molecule has 0 radical (unpaired) electrons. The Kier molecular flexibility index (Phi) is 4.37. The highest BCUT2D eigenvalue weighted by molar-refractivity contribution is 6.02. The molecule has 0 saturated carbocycles. The fourth-order valence-corrected chi connectivity index (χ4v) is 2.52. The monoisotopic (exact) mass is 336 g/mol. The van der Waals surface area contributed by atoms with E-state index in [4.69, 9.17) is 0 Å². The van der Waals surface area contributed by atoms with Crippen molar-refractivity contribution in [2.24, 2.45) is 0 Å². The fraction of sp³-hybridized carbons (Fsp3) is 0.312. The second-order valence-corrected chi connectivity index (χ2v) is 5.49. The summed E-state index contributed by atoms with van der Waals surface area (Å²) < 4.78 is 38.0. The van der Waals surface area contributed by atoms with Crippen LogP contribution >= 0.6 is 0 Å². The van der Waals surface area contributed by atoms with Gasteiger partial charge in [0.2, 0.25) is 0 Å². The standard InChI is InChI=1S/C16H15F3N4O/c17-16(18,19)11-4-3-5-12(8-11)22-15(24)13-9-21-14(10-20-13)23-6-1-2-7-23/h3-5,8-10H,1-2,6-7H2,(H,22,24). The van der Waals surface area contributed by atoms with Gasteiger partial charge in [-0.3, -0.25) is 4.79 Å². The van der Waals surface area contributed by atoms with Gasteiger partial charge in [0, 0.05) is 18.8 Å². The molecule has 1 aliphatic rings. The Labute approximate surface area is 136 Å². The zero-order valence-corrected chi connectivity index (χ0v) is 12.7. The van der Waals surface area contributed by atoms with Crippen LogP contribution < -0.4 is 10.2 Å². The summed E-state index contributed by atoms with van der Waals surface area (Å²) in [6.45, 7) is 1.81. The molecule has 1 amide bonds. The second-order valence-electron chi connectivity index (χ2n) is 5.49. The Morgan fingerprint density at radius 3 is 2.50 bits per heavy atom. The first-order valence-corrected chi connectivity index (χ1v) is 7.49. The van der Waals surface area contributed by atoms with Gasteiger partial charge in [-0.1, -0.05) is 6.07 Å². The Bertz CT molecular complexity index is 725. The Morgan fingerprint density at radius 2 is 1.88 bits per heavy atom. The molecule has 5 nitrogen and oxygen atoms in total. The SMILES string of the molecule is O=C(Nc1cccc(C(F)(F)F)c1)c1cnc(N2CCCC2)cn1. The summed E-state index contributed by atoms with van der Waals surface area (Å²) in [5, 5.41) is 2.40. The van der Waals surface area contributed by atoms with Crippen molar-refractivity contribution in [1.82, 2.24) is 9.97 Å². The van der Waals surface area contributed by atoms with Crippen molar-refractivity contribution in [3.05, 3.63) is 47.9 Å². The van der Waals surface area contributed by atoms with Crippen molar-refractivity contribution in [2.75, 3.05) is 23.3 Å². The minimum atomic E-state index is -4.46. The number of nitrogens with zero attached hydrogens (tertiary/aromatic N) is 3. The number of halogens is 3. The van der Waals surface area contributed by atoms with Gasteiger partial charge in [-0.05, 0) is 31.0 Å². The van der Waals surface area contributed by atoms with Crippen molar-refractivity contribution in [3.63, 3.8) is 0 Å². The van der Waals surface area contributed by atoms with Crippen LogP contribution in [0.5, 0.6) is 0 Å². The van der Waals surface area contributed by atoms with Crippen LogP contribution in [0.3, 0.4) is 0 Å². The van der Waals surface area contributed by atoms with Crippen molar-refractivity contribution in [3.8, 4) is 0 Å². The molecule has 0 unspecified atom stereocenters. The lowest BCUT2D eigenvalue weighted by atomic mass is 10.2. The molecule has 1 N–H and O–H groups in total. The molecular weight excluding hydrogens is 321 g/mol. The highest BCUT2D eigenvalue weighted by Crippen LogP contribution is 2.30. The predicted molar refractivity (Wildman–Crippen MR) is 82.9 cm³/mol. The average molecular weight is 336 g/mol. The summed E-state index contributed by atoms with van der Waals surface area (Å²) in [6, 6.07) is 4.45. The Balaban J connectivity index is 1.70. The molecular formula is C16H15F3N4O. The van der Waals surface area contributed by atoms with E-state index in [9.17, 15) is 18.0 Å². The van der Waals surface area contributed by atoms with Crippen LogP contribution in [-0.2, 0) is 6.18 Å². The highest BCUT2D eigenvalue weighted by atomic mass is 19.4. The van der Waals surface area contributed by atoms with Crippen LogP contribution in [-0.4, -0.2) is 29.0 Å². The number of carbonyl (C=O) groups is 1. The zero-order chi connectivity index (χ0) is 17.2. The maximum atomic E-state index is 12.7. The number of aromatic nitrogens is 2. The number of hydrogen-bond donors (Lipinski definition) is 1. The molecule has 8 heteroatoms. The smallest absolute Gasteiger partial charge is 0.355 e. The molecule has 24 heavy (non-hydrogen) atoms. The predicted octanol–water partition coefficient (Wildman–Crippen LogP) is 3.35. The van der Waals surface area contributed by atoms with E-state index in [-0.39, 0.29) is 11.4 Å². The highest BCUT2D eigenvalue weighted by Gasteiger charge is 2.30. The molecule has 1 aliphatic heterocycles. The van der Waals surface area contributed by atoms with Gasteiger partial charge in [0.1, 0.15) is 11.5 Å². The third kappa shape index (κ3) is 3.64. The van der Waals surface area contributed by atoms with Crippen LogP contribution in [0.1, 0.15) is 28.9 Å². The number of hydrogen-bond acceptors (Lipinski definition) is 4. The lowest BCUT2D eigenvalue weighted by Crippen LogP contribution is -2.20. The van der Waals surface area contributed by atoms with Crippen LogP contribution in [0.4, 0.5) is 24.7 Å². The van der Waals surface area contributed by atoms with Gasteiger partial charge in [-0.25, -0.2) is 9.97 Å². The second kappa shape index (κ2) is 6.46. The lowest BCUT2D eigenvalue weighted by molar-refractivity contribution is -0.137. The van der Waals surface area contributed by atoms with Crippen LogP contribution in [0, 0.1) is 0 Å². The molecule has 0 atom stereocenters. The van der Waals surface area contributed by atoms with Gasteiger partial charge >= 0.3 is 6.18 Å². The van der Waals surface area contributed by atoms with E-state index in [0.29, 0.717) is 5.82 Å². The summed E-state index contributed by atoms with van der Waals surface area (Å²) in [7, 11) is 0. The average Bonchev–Trinajstić information content (AvgIpc) is 3.09. The molecule has 2 aromatic rings. The molecule has 0 spiro atoms. The van der Waals surface area contributed by atoms with Gasteiger partial charge in [-0.15, -0.1) is 0 Å². The van der Waals surface area contributed by atoms with Gasteiger partial charge in [-0.2, -0.15) is 13.2 Å². The minimum absolute atomic E-state index is 0.0513. The number of anilines is 2. The Hall–Kier alpha value is -2.64. The third-order valence-electron chi connectivity index (χ3n) is 3.75.